The number of aliphatic hydroxyl groups is 1. The van der Waals surface area contributed by atoms with Crippen molar-refractivity contribution in [2.45, 2.75) is 25.4 Å². The van der Waals surface area contributed by atoms with E-state index >= 15 is 0 Å². The maximum atomic E-state index is 10.3. The van der Waals surface area contributed by atoms with Gasteiger partial charge in [0, 0.05) is 0 Å². The lowest BCUT2D eigenvalue weighted by atomic mass is 9.96. The van der Waals surface area contributed by atoms with Gasteiger partial charge in [-0.1, -0.05) is 10.3 Å². The molecule has 0 unspecified atom stereocenters. The van der Waals surface area contributed by atoms with Crippen LogP contribution in [0.15, 0.2) is 10.3 Å². The molecule has 0 aromatic rings. The van der Waals surface area contributed by atoms with Gasteiger partial charge < -0.3 is 48.9 Å². The molecule has 14 N–H and O–H groups in total. The Morgan fingerprint density at radius 3 is 1.62 bits per heavy atom. The molecule has 0 spiro atoms. The summed E-state index contributed by atoms with van der Waals surface area (Å²) in [7, 11) is 1.43. The number of hydrogen-bond donors (Lipinski definition) is 8. The predicted octanol–water partition coefficient (Wildman–Crippen LogP) is -0.294. The Morgan fingerprint density at radius 2 is 1.42 bits per heavy atom. The van der Waals surface area contributed by atoms with Crippen LogP contribution in [0.2, 0.25) is 0 Å². The van der Waals surface area contributed by atoms with Gasteiger partial charge in [0.15, 0.2) is 5.60 Å². The molecule has 0 saturated heterocycles. The Morgan fingerprint density at radius 1 is 1.04 bits per heavy atom. The molecule has 0 rings (SSSR count). The number of oxime groups is 2. The van der Waals surface area contributed by atoms with Crippen LogP contribution in [0.4, 0.5) is 0 Å². The molecule has 0 amide bonds. The van der Waals surface area contributed by atoms with E-state index in [9.17, 15) is 14.4 Å². The number of aliphatic carboxylic acids is 3. The van der Waals surface area contributed by atoms with Crippen molar-refractivity contribution in [3.05, 3.63) is 0 Å². The van der Waals surface area contributed by atoms with E-state index in [-0.39, 0.29) is 18.5 Å². The topological polar surface area (TPSA) is 291 Å². The maximum Gasteiger partial charge on any atom is 0.336 e. The third-order valence-electron chi connectivity index (χ3n) is 1.77. The molecule has 0 radical (unpaired) electrons. The van der Waals surface area contributed by atoms with Gasteiger partial charge in [-0.2, -0.15) is 0 Å². The molecule has 0 aromatic carbocycles. The third kappa shape index (κ3) is 17.2. The first-order chi connectivity index (χ1) is 9.58. The van der Waals surface area contributed by atoms with Crippen molar-refractivity contribution < 1.29 is 44.9 Å². The minimum absolute atomic E-state index is 0. The van der Waals surface area contributed by atoms with E-state index in [1.165, 1.54) is 13.3 Å². The fourth-order valence-corrected chi connectivity index (χ4v) is 0.965. The minimum Gasteiger partial charge on any atom is -0.481 e. The van der Waals surface area contributed by atoms with Crippen molar-refractivity contribution in [3.63, 3.8) is 0 Å². The highest BCUT2D eigenvalue weighted by Gasteiger charge is 2.40. The number of nitrogens with zero attached hydrogens (tertiary/aromatic N) is 2. The summed E-state index contributed by atoms with van der Waals surface area (Å²) < 4.78 is 0. The van der Waals surface area contributed by atoms with E-state index in [0.29, 0.717) is 5.71 Å². The largest absolute Gasteiger partial charge is 0.481 e. The van der Waals surface area contributed by atoms with E-state index in [0.717, 1.165) is 0 Å². The van der Waals surface area contributed by atoms with Gasteiger partial charge in [0.1, 0.15) is 7.11 Å². The second kappa shape index (κ2) is 16.6. The van der Waals surface area contributed by atoms with E-state index in [2.05, 4.69) is 15.1 Å². The van der Waals surface area contributed by atoms with Crippen LogP contribution < -0.4 is 18.5 Å². The van der Waals surface area contributed by atoms with Crippen LogP contribution in [0, 0.1) is 0 Å². The number of carbonyl (C=O) groups is 3. The van der Waals surface area contributed by atoms with Crippen LogP contribution in [0.5, 0.6) is 0 Å². The fraction of sp³-hybridized carbons (Fsp3) is 0.500. The minimum atomic E-state index is -2.74. The third-order valence-corrected chi connectivity index (χ3v) is 1.77. The van der Waals surface area contributed by atoms with Gasteiger partial charge in [0.05, 0.1) is 24.8 Å². The average molecular weight is 359 g/mol. The first kappa shape index (κ1) is 33.0. The zero-order chi connectivity index (χ0) is 17.1. The van der Waals surface area contributed by atoms with Crippen LogP contribution in [0.1, 0.15) is 19.8 Å². The molecular weight excluding hydrogens is 334 g/mol. The molecule has 0 atom stereocenters. The summed E-state index contributed by atoms with van der Waals surface area (Å²) in [6, 6.07) is 0. The Bertz CT molecular complexity index is 422. The van der Waals surface area contributed by atoms with E-state index < -0.39 is 36.4 Å². The number of carboxylic acids is 3. The van der Waals surface area contributed by atoms with Crippen LogP contribution in [0.25, 0.3) is 0 Å². The average Bonchev–Trinajstić information content (AvgIpc) is 2.27. The summed E-state index contributed by atoms with van der Waals surface area (Å²) in [4.78, 5) is 34.8. The highest BCUT2D eigenvalue weighted by molar-refractivity contribution is 6.29. The zero-order valence-electron chi connectivity index (χ0n) is 13.4. The highest BCUT2D eigenvalue weighted by atomic mass is 16.6. The molecule has 0 heterocycles. The number of carboxylic acid groups (broad SMARTS) is 3. The molecule has 0 aliphatic rings. The lowest BCUT2D eigenvalue weighted by molar-refractivity contribution is -0.170. The standard InChI is InChI=1S/C6H8O7.C4H8N2O2.3H3N/c7-3(8)1-6(13,5(11)12)2-4(9)10;1-4(3-5-7)6-8-2;;;/h13H,1-2H2,(H,7,8)(H,9,10)(H,11,12);3,7H,1-2H3;3*1H3. The molecule has 144 valence electrons. The van der Waals surface area contributed by atoms with Crippen molar-refractivity contribution in [3.8, 4) is 0 Å². The van der Waals surface area contributed by atoms with Crippen molar-refractivity contribution in [1.29, 1.82) is 0 Å². The van der Waals surface area contributed by atoms with Crippen LogP contribution >= 0.6 is 0 Å². The molecule has 0 aliphatic heterocycles. The first-order valence-corrected chi connectivity index (χ1v) is 5.23. The predicted molar refractivity (Wildman–Crippen MR) is 82.6 cm³/mol. The lowest BCUT2D eigenvalue weighted by Crippen LogP contribution is -2.42. The summed E-state index contributed by atoms with van der Waals surface area (Å²) in [5.74, 6) is -5.02. The van der Waals surface area contributed by atoms with Gasteiger partial charge in [-0.05, 0) is 6.92 Å². The molecule has 24 heavy (non-hydrogen) atoms. The first-order valence-electron chi connectivity index (χ1n) is 5.23. The summed E-state index contributed by atoms with van der Waals surface area (Å²) >= 11 is 0. The van der Waals surface area contributed by atoms with Gasteiger partial charge in [-0.3, -0.25) is 9.59 Å². The monoisotopic (exact) mass is 359 g/mol. The summed E-state index contributed by atoms with van der Waals surface area (Å²) in [6.45, 7) is 1.66. The van der Waals surface area contributed by atoms with E-state index in [1.54, 1.807) is 6.92 Å². The number of hydrogen-bond acceptors (Lipinski definition) is 11. The summed E-state index contributed by atoms with van der Waals surface area (Å²) in [6.07, 6.45) is -1.10. The molecule has 0 aromatic heterocycles. The second-order valence-corrected chi connectivity index (χ2v) is 3.64. The lowest BCUT2D eigenvalue weighted by Gasteiger charge is -2.18. The molecule has 0 aliphatic carbocycles. The Kier molecular flexibility index (Phi) is 22.7. The zero-order valence-corrected chi connectivity index (χ0v) is 13.4. The molecule has 0 saturated carbocycles. The fourth-order valence-electron chi connectivity index (χ4n) is 0.965. The highest BCUT2D eigenvalue weighted by Crippen LogP contribution is 2.15. The molecule has 14 nitrogen and oxygen atoms in total. The van der Waals surface area contributed by atoms with Gasteiger partial charge in [0.25, 0.3) is 0 Å². The quantitative estimate of drug-likeness (QED) is 0.165. The Hall–Kier alpha value is -2.81. The van der Waals surface area contributed by atoms with Crippen molar-refractivity contribution >= 4 is 29.8 Å². The molecule has 0 fully saturated rings. The Labute approximate surface area is 137 Å². The smallest absolute Gasteiger partial charge is 0.336 e. The van der Waals surface area contributed by atoms with Gasteiger partial charge in [0.2, 0.25) is 0 Å². The maximum absolute atomic E-state index is 10.3. The summed E-state index contributed by atoms with van der Waals surface area (Å²) in [5.41, 5.74) is -2.22. The van der Waals surface area contributed by atoms with Crippen molar-refractivity contribution in [2.75, 3.05) is 7.11 Å². The number of rotatable bonds is 7. The van der Waals surface area contributed by atoms with Crippen LogP contribution in [-0.4, -0.2) is 68.2 Å². The van der Waals surface area contributed by atoms with Gasteiger partial charge >= 0.3 is 17.9 Å². The van der Waals surface area contributed by atoms with Crippen LogP contribution in [-0.2, 0) is 19.2 Å². The van der Waals surface area contributed by atoms with E-state index in [1.807, 2.05) is 0 Å². The van der Waals surface area contributed by atoms with Crippen molar-refractivity contribution in [1.82, 2.24) is 18.5 Å². The molecular formula is C10H25N5O9. The van der Waals surface area contributed by atoms with E-state index in [4.69, 9.17) is 25.6 Å². The van der Waals surface area contributed by atoms with Gasteiger partial charge in [-0.15, -0.1) is 0 Å². The van der Waals surface area contributed by atoms with Crippen LogP contribution in [0.3, 0.4) is 0 Å². The van der Waals surface area contributed by atoms with Crippen molar-refractivity contribution in [2.24, 2.45) is 10.3 Å². The summed E-state index contributed by atoms with van der Waals surface area (Å²) in [5, 5.41) is 47.8. The molecule has 14 heteroatoms. The van der Waals surface area contributed by atoms with Gasteiger partial charge in [-0.25, -0.2) is 4.79 Å². The second-order valence-electron chi connectivity index (χ2n) is 3.64. The Balaban J connectivity index is -0.0000000968. The SMILES string of the molecule is CON=C(C)C=NO.N.N.N.O=C(O)CC(O)(CC(=O)O)C(=O)O. The molecule has 0 bridgehead atoms. The normalized spacial score (nSPS) is 10.0.